The summed E-state index contributed by atoms with van der Waals surface area (Å²) in [6.45, 7) is 0. The van der Waals surface area contributed by atoms with Crippen molar-refractivity contribution >= 4 is 5.91 Å². The Bertz CT molecular complexity index is 840. The normalized spacial score (nSPS) is 10.5. The van der Waals surface area contributed by atoms with Crippen LogP contribution < -0.4 is 10.5 Å². The molecule has 3 aromatic rings. The molecule has 0 atom stereocenters. The molecule has 0 bridgehead atoms. The molecule has 5 heteroatoms. The fourth-order valence-corrected chi connectivity index (χ4v) is 2.49. The lowest BCUT2D eigenvalue weighted by Gasteiger charge is -2.06. The van der Waals surface area contributed by atoms with E-state index in [1.54, 1.807) is 13.4 Å². The van der Waals surface area contributed by atoms with Crippen LogP contribution in [0, 0.1) is 0 Å². The summed E-state index contributed by atoms with van der Waals surface area (Å²) in [5.41, 5.74) is 8.81. The predicted octanol–water partition coefficient (Wildman–Crippen LogP) is 2.58. The third-order valence-corrected chi connectivity index (χ3v) is 3.55. The average molecular weight is 307 g/mol. The van der Waals surface area contributed by atoms with Gasteiger partial charge in [-0.05, 0) is 29.8 Å². The van der Waals surface area contributed by atoms with Gasteiger partial charge in [-0.15, -0.1) is 0 Å². The van der Waals surface area contributed by atoms with Crippen LogP contribution in [0.5, 0.6) is 5.75 Å². The molecule has 3 rings (SSSR count). The van der Waals surface area contributed by atoms with Crippen LogP contribution in [0.4, 0.5) is 0 Å². The van der Waals surface area contributed by atoms with E-state index in [1.807, 2.05) is 59.3 Å². The lowest BCUT2D eigenvalue weighted by Crippen LogP contribution is -2.13. The van der Waals surface area contributed by atoms with Gasteiger partial charge < -0.3 is 15.0 Å². The van der Waals surface area contributed by atoms with Gasteiger partial charge in [-0.2, -0.15) is 0 Å². The molecule has 0 aliphatic heterocycles. The number of aromatic nitrogens is 2. The van der Waals surface area contributed by atoms with Crippen molar-refractivity contribution in [1.82, 2.24) is 9.55 Å². The minimum Gasteiger partial charge on any atom is -0.496 e. The lowest BCUT2D eigenvalue weighted by atomic mass is 10.1. The zero-order valence-corrected chi connectivity index (χ0v) is 12.8. The van der Waals surface area contributed by atoms with Crippen molar-refractivity contribution in [2.24, 2.45) is 5.73 Å². The van der Waals surface area contributed by atoms with Crippen molar-refractivity contribution < 1.29 is 9.53 Å². The monoisotopic (exact) mass is 307 g/mol. The zero-order valence-electron chi connectivity index (χ0n) is 12.8. The van der Waals surface area contributed by atoms with Crippen LogP contribution in [0.3, 0.4) is 0 Å². The molecule has 1 aromatic heterocycles. The molecular weight excluding hydrogens is 290 g/mol. The number of carbonyl (C=O) groups is 1. The number of ether oxygens (including phenoxy) is 1. The van der Waals surface area contributed by atoms with Crippen molar-refractivity contribution in [1.29, 1.82) is 0 Å². The molecule has 1 amide bonds. The summed E-state index contributed by atoms with van der Waals surface area (Å²) in [4.78, 5) is 15.5. The highest BCUT2D eigenvalue weighted by molar-refractivity contribution is 5.76. The molecule has 0 saturated heterocycles. The van der Waals surface area contributed by atoms with Gasteiger partial charge in [0, 0.05) is 17.4 Å². The number of nitrogens with zero attached hydrogens (tertiary/aromatic N) is 2. The van der Waals surface area contributed by atoms with Crippen LogP contribution in [0.15, 0.2) is 61.1 Å². The molecule has 2 N–H and O–H groups in total. The number of primary amides is 1. The molecule has 0 aliphatic carbocycles. The van der Waals surface area contributed by atoms with Crippen LogP contribution in [0.25, 0.3) is 16.9 Å². The van der Waals surface area contributed by atoms with E-state index in [1.165, 1.54) is 0 Å². The second-order valence-electron chi connectivity index (χ2n) is 5.18. The number of rotatable bonds is 5. The van der Waals surface area contributed by atoms with Crippen LogP contribution in [0.2, 0.25) is 0 Å². The number of hydrogen-bond donors (Lipinski definition) is 1. The topological polar surface area (TPSA) is 70.1 Å². The highest BCUT2D eigenvalue weighted by atomic mass is 16.5. The standard InChI is InChI=1S/C18H17N3O2/c1-23-17-8-3-2-7-15(17)16-11-21(12-20-16)14-6-4-5-13(9-14)10-18(19)22/h2-9,11-12H,10H2,1H3,(H2,19,22). The van der Waals surface area contributed by atoms with Crippen LogP contribution in [0.1, 0.15) is 5.56 Å². The second-order valence-corrected chi connectivity index (χ2v) is 5.18. The summed E-state index contributed by atoms with van der Waals surface area (Å²) in [6, 6.07) is 15.4. The van der Waals surface area contributed by atoms with E-state index in [-0.39, 0.29) is 12.3 Å². The first kappa shape index (κ1) is 14.8. The van der Waals surface area contributed by atoms with Crippen molar-refractivity contribution in [3.8, 4) is 22.7 Å². The molecule has 0 fully saturated rings. The molecule has 116 valence electrons. The maximum atomic E-state index is 11.1. The van der Waals surface area contributed by atoms with Gasteiger partial charge in [0.05, 0.1) is 25.6 Å². The second kappa shape index (κ2) is 6.36. The minimum absolute atomic E-state index is 0.224. The molecule has 2 aromatic carbocycles. The third kappa shape index (κ3) is 3.23. The summed E-state index contributed by atoms with van der Waals surface area (Å²) in [7, 11) is 1.64. The number of benzene rings is 2. The molecule has 0 aliphatic rings. The van der Waals surface area contributed by atoms with E-state index in [2.05, 4.69) is 4.98 Å². The first-order valence-corrected chi connectivity index (χ1v) is 7.22. The Morgan fingerprint density at radius 3 is 2.83 bits per heavy atom. The summed E-state index contributed by atoms with van der Waals surface area (Å²) >= 11 is 0. The van der Waals surface area contributed by atoms with Crippen molar-refractivity contribution in [3.63, 3.8) is 0 Å². The summed E-state index contributed by atoms with van der Waals surface area (Å²) in [6.07, 6.45) is 3.90. The van der Waals surface area contributed by atoms with Crippen molar-refractivity contribution in [2.75, 3.05) is 7.11 Å². The predicted molar refractivity (Wildman–Crippen MR) is 88.5 cm³/mol. The van der Waals surface area contributed by atoms with Crippen molar-refractivity contribution in [3.05, 3.63) is 66.6 Å². The van der Waals surface area contributed by atoms with Gasteiger partial charge in [-0.25, -0.2) is 4.98 Å². The van der Waals surface area contributed by atoms with E-state index in [9.17, 15) is 4.79 Å². The maximum absolute atomic E-state index is 11.1. The summed E-state index contributed by atoms with van der Waals surface area (Å²) in [5, 5.41) is 0. The first-order chi connectivity index (χ1) is 11.2. The van der Waals surface area contributed by atoms with Gasteiger partial charge in [0.2, 0.25) is 5.91 Å². The quantitative estimate of drug-likeness (QED) is 0.787. The van der Waals surface area contributed by atoms with Gasteiger partial charge in [0.15, 0.2) is 0 Å². The number of amides is 1. The molecule has 5 nitrogen and oxygen atoms in total. The molecule has 0 saturated carbocycles. The Labute approximate surface area is 134 Å². The smallest absolute Gasteiger partial charge is 0.221 e. The molecular formula is C18H17N3O2. The number of carbonyl (C=O) groups excluding carboxylic acids is 1. The first-order valence-electron chi connectivity index (χ1n) is 7.22. The summed E-state index contributed by atoms with van der Waals surface area (Å²) in [5.74, 6) is 0.433. The zero-order chi connectivity index (χ0) is 16.2. The lowest BCUT2D eigenvalue weighted by molar-refractivity contribution is -0.117. The van der Waals surface area contributed by atoms with Crippen LogP contribution in [-0.4, -0.2) is 22.6 Å². The Balaban J connectivity index is 1.94. The van der Waals surface area contributed by atoms with E-state index in [0.717, 1.165) is 28.3 Å². The molecule has 0 radical (unpaired) electrons. The highest BCUT2D eigenvalue weighted by Gasteiger charge is 2.09. The number of hydrogen-bond acceptors (Lipinski definition) is 3. The molecule has 23 heavy (non-hydrogen) atoms. The highest BCUT2D eigenvalue weighted by Crippen LogP contribution is 2.28. The Morgan fingerprint density at radius 2 is 2.04 bits per heavy atom. The Kier molecular flexibility index (Phi) is 4.10. The van der Waals surface area contributed by atoms with Crippen molar-refractivity contribution in [2.45, 2.75) is 6.42 Å². The van der Waals surface area contributed by atoms with E-state index in [4.69, 9.17) is 10.5 Å². The van der Waals surface area contributed by atoms with Gasteiger partial charge in [0.25, 0.3) is 0 Å². The van der Waals surface area contributed by atoms with Crippen LogP contribution in [-0.2, 0) is 11.2 Å². The molecule has 1 heterocycles. The van der Waals surface area contributed by atoms with E-state index in [0.29, 0.717) is 0 Å². The average Bonchev–Trinajstić information content (AvgIpc) is 3.04. The number of nitrogens with two attached hydrogens (primary N) is 1. The van der Waals surface area contributed by atoms with E-state index < -0.39 is 0 Å². The summed E-state index contributed by atoms with van der Waals surface area (Å²) < 4.78 is 7.29. The fraction of sp³-hybridized carbons (Fsp3) is 0.111. The molecule has 0 unspecified atom stereocenters. The van der Waals surface area contributed by atoms with Gasteiger partial charge in [-0.3, -0.25) is 4.79 Å². The number of para-hydroxylation sites is 1. The largest absolute Gasteiger partial charge is 0.496 e. The van der Waals surface area contributed by atoms with Crippen LogP contribution >= 0.6 is 0 Å². The maximum Gasteiger partial charge on any atom is 0.221 e. The number of imidazole rings is 1. The van der Waals surface area contributed by atoms with Gasteiger partial charge in [-0.1, -0.05) is 24.3 Å². The van der Waals surface area contributed by atoms with E-state index >= 15 is 0 Å². The molecule has 0 spiro atoms. The fourth-order valence-electron chi connectivity index (χ4n) is 2.49. The Morgan fingerprint density at radius 1 is 1.22 bits per heavy atom. The Hall–Kier alpha value is -3.08. The minimum atomic E-state index is -0.345. The SMILES string of the molecule is COc1ccccc1-c1cn(-c2cccc(CC(N)=O)c2)cn1. The van der Waals surface area contributed by atoms with Gasteiger partial charge in [0.1, 0.15) is 5.75 Å². The number of methoxy groups -OCH3 is 1. The third-order valence-electron chi connectivity index (χ3n) is 3.55. The van der Waals surface area contributed by atoms with Gasteiger partial charge >= 0.3 is 0 Å².